The largest absolute Gasteiger partial charge is 0.340 e. The molecule has 2 amide bonds. The zero-order valence-corrected chi connectivity index (χ0v) is 12.4. The minimum absolute atomic E-state index is 0.0291. The number of rotatable bonds is 4. The average Bonchev–Trinajstić information content (AvgIpc) is 2.25. The summed E-state index contributed by atoms with van der Waals surface area (Å²) in [5.41, 5.74) is -0.778. The number of hydrogen-bond acceptors (Lipinski definition) is 2. The molecule has 1 fully saturated rings. The standard InChI is InChI=1S/C14H26N2O2/c1-7-11-12(17)15-14(5,6)13(18)16(11)8-10(4)9(2)3/h9-11H,7-8H2,1-6H3,(H,15,17). The van der Waals surface area contributed by atoms with Gasteiger partial charge in [0.25, 0.3) is 0 Å². The molecule has 0 aromatic carbocycles. The van der Waals surface area contributed by atoms with E-state index in [-0.39, 0.29) is 17.9 Å². The Balaban J connectivity index is 2.94. The van der Waals surface area contributed by atoms with Crippen LogP contribution in [0.15, 0.2) is 0 Å². The fourth-order valence-electron chi connectivity index (χ4n) is 2.22. The maximum absolute atomic E-state index is 12.4. The van der Waals surface area contributed by atoms with Gasteiger partial charge in [-0.05, 0) is 32.1 Å². The third-order valence-electron chi connectivity index (χ3n) is 3.92. The van der Waals surface area contributed by atoms with Gasteiger partial charge in [0.2, 0.25) is 11.8 Å². The summed E-state index contributed by atoms with van der Waals surface area (Å²) < 4.78 is 0. The molecule has 0 radical (unpaired) electrons. The highest BCUT2D eigenvalue weighted by Gasteiger charge is 2.44. The van der Waals surface area contributed by atoms with E-state index in [1.165, 1.54) is 0 Å². The van der Waals surface area contributed by atoms with Gasteiger partial charge in [-0.25, -0.2) is 0 Å². The van der Waals surface area contributed by atoms with Crippen molar-refractivity contribution in [2.24, 2.45) is 11.8 Å². The molecule has 0 spiro atoms. The van der Waals surface area contributed by atoms with Crippen molar-refractivity contribution in [3.8, 4) is 0 Å². The van der Waals surface area contributed by atoms with Gasteiger partial charge in [-0.1, -0.05) is 27.7 Å². The zero-order chi connectivity index (χ0) is 14.1. The van der Waals surface area contributed by atoms with E-state index in [9.17, 15) is 9.59 Å². The van der Waals surface area contributed by atoms with E-state index in [0.717, 1.165) is 0 Å². The molecule has 0 aliphatic carbocycles. The molecule has 0 bridgehead atoms. The Labute approximate surface area is 110 Å². The zero-order valence-electron chi connectivity index (χ0n) is 12.4. The van der Waals surface area contributed by atoms with Gasteiger partial charge in [-0.3, -0.25) is 9.59 Å². The van der Waals surface area contributed by atoms with Gasteiger partial charge < -0.3 is 10.2 Å². The van der Waals surface area contributed by atoms with Crippen molar-refractivity contribution in [1.82, 2.24) is 10.2 Å². The van der Waals surface area contributed by atoms with Crippen LogP contribution in [0.1, 0.15) is 48.0 Å². The number of nitrogens with zero attached hydrogens (tertiary/aromatic N) is 1. The number of piperazine rings is 1. The SMILES string of the molecule is CCC1C(=O)NC(C)(C)C(=O)N1CC(C)C(C)C. The normalized spacial score (nSPS) is 25.3. The number of hydrogen-bond donors (Lipinski definition) is 1. The number of amides is 2. The van der Waals surface area contributed by atoms with Crippen LogP contribution in [-0.4, -0.2) is 34.8 Å². The van der Waals surface area contributed by atoms with E-state index in [1.54, 1.807) is 18.7 Å². The molecule has 1 aliphatic heterocycles. The Morgan fingerprint density at radius 1 is 1.28 bits per heavy atom. The Morgan fingerprint density at radius 2 is 1.83 bits per heavy atom. The average molecular weight is 254 g/mol. The molecular formula is C14H26N2O2. The summed E-state index contributed by atoms with van der Waals surface area (Å²) >= 11 is 0. The quantitative estimate of drug-likeness (QED) is 0.831. The van der Waals surface area contributed by atoms with Crippen LogP contribution in [0.4, 0.5) is 0 Å². The molecule has 4 nitrogen and oxygen atoms in total. The fourth-order valence-corrected chi connectivity index (χ4v) is 2.22. The van der Waals surface area contributed by atoms with Crippen molar-refractivity contribution in [3.05, 3.63) is 0 Å². The summed E-state index contributed by atoms with van der Waals surface area (Å²) in [6, 6.07) is -0.313. The maximum atomic E-state index is 12.4. The van der Waals surface area contributed by atoms with Crippen molar-refractivity contribution in [2.45, 2.75) is 59.5 Å². The maximum Gasteiger partial charge on any atom is 0.248 e. The van der Waals surface area contributed by atoms with Crippen LogP contribution in [0.25, 0.3) is 0 Å². The van der Waals surface area contributed by atoms with Crippen LogP contribution in [0.5, 0.6) is 0 Å². The van der Waals surface area contributed by atoms with Gasteiger partial charge >= 0.3 is 0 Å². The molecule has 0 saturated carbocycles. The lowest BCUT2D eigenvalue weighted by molar-refractivity contribution is -0.154. The Morgan fingerprint density at radius 3 is 2.28 bits per heavy atom. The van der Waals surface area contributed by atoms with Gasteiger partial charge in [0, 0.05) is 6.54 Å². The van der Waals surface area contributed by atoms with Crippen molar-refractivity contribution in [3.63, 3.8) is 0 Å². The van der Waals surface area contributed by atoms with E-state index in [2.05, 4.69) is 26.1 Å². The van der Waals surface area contributed by atoms with E-state index >= 15 is 0 Å². The van der Waals surface area contributed by atoms with Gasteiger partial charge in [0.1, 0.15) is 11.6 Å². The van der Waals surface area contributed by atoms with E-state index < -0.39 is 5.54 Å². The molecule has 1 rings (SSSR count). The second kappa shape index (κ2) is 5.29. The van der Waals surface area contributed by atoms with Crippen LogP contribution >= 0.6 is 0 Å². The molecule has 2 unspecified atom stereocenters. The minimum atomic E-state index is -0.778. The summed E-state index contributed by atoms with van der Waals surface area (Å²) in [6.07, 6.45) is 0.665. The Hall–Kier alpha value is -1.06. The van der Waals surface area contributed by atoms with Crippen LogP contribution in [0.3, 0.4) is 0 Å². The monoisotopic (exact) mass is 254 g/mol. The summed E-state index contributed by atoms with van der Waals surface area (Å²) in [4.78, 5) is 26.2. The van der Waals surface area contributed by atoms with Gasteiger partial charge in [0.15, 0.2) is 0 Å². The van der Waals surface area contributed by atoms with E-state index in [4.69, 9.17) is 0 Å². The third kappa shape index (κ3) is 2.85. The van der Waals surface area contributed by atoms with Gasteiger partial charge in [-0.15, -0.1) is 0 Å². The summed E-state index contributed by atoms with van der Waals surface area (Å²) in [5, 5.41) is 2.81. The lowest BCUT2D eigenvalue weighted by atomic mass is 9.91. The molecule has 4 heteroatoms. The minimum Gasteiger partial charge on any atom is -0.340 e. The summed E-state index contributed by atoms with van der Waals surface area (Å²) in [6.45, 7) is 12.6. The number of carbonyl (C=O) groups is 2. The van der Waals surface area contributed by atoms with Crippen LogP contribution in [0.2, 0.25) is 0 Å². The van der Waals surface area contributed by atoms with Gasteiger partial charge in [-0.2, -0.15) is 0 Å². The second-order valence-corrected chi connectivity index (χ2v) is 6.22. The smallest absolute Gasteiger partial charge is 0.248 e. The van der Waals surface area contributed by atoms with Gasteiger partial charge in [0.05, 0.1) is 0 Å². The predicted octanol–water partition coefficient (Wildman–Crippen LogP) is 1.79. The molecule has 1 N–H and O–H groups in total. The molecule has 1 aliphatic rings. The lowest BCUT2D eigenvalue weighted by Gasteiger charge is -2.44. The van der Waals surface area contributed by atoms with Crippen LogP contribution < -0.4 is 5.32 Å². The first kappa shape index (κ1) is 15.0. The second-order valence-electron chi connectivity index (χ2n) is 6.22. The van der Waals surface area contributed by atoms with Crippen molar-refractivity contribution in [2.75, 3.05) is 6.54 Å². The lowest BCUT2D eigenvalue weighted by Crippen LogP contribution is -2.68. The van der Waals surface area contributed by atoms with Crippen LogP contribution in [-0.2, 0) is 9.59 Å². The molecule has 2 atom stereocenters. The Kier molecular flexibility index (Phi) is 4.41. The molecule has 1 saturated heterocycles. The number of nitrogens with one attached hydrogen (secondary N) is 1. The van der Waals surface area contributed by atoms with Crippen molar-refractivity contribution in [1.29, 1.82) is 0 Å². The fraction of sp³-hybridized carbons (Fsp3) is 0.857. The first-order valence-electron chi connectivity index (χ1n) is 6.83. The number of carbonyl (C=O) groups excluding carboxylic acids is 2. The molecule has 0 aromatic rings. The molecule has 104 valence electrons. The van der Waals surface area contributed by atoms with Crippen LogP contribution in [0, 0.1) is 11.8 Å². The molecule has 1 heterocycles. The topological polar surface area (TPSA) is 49.4 Å². The van der Waals surface area contributed by atoms with Crippen molar-refractivity contribution >= 4 is 11.8 Å². The molecule has 18 heavy (non-hydrogen) atoms. The highest BCUT2D eigenvalue weighted by molar-refractivity contribution is 5.99. The van der Waals surface area contributed by atoms with Crippen molar-refractivity contribution < 1.29 is 9.59 Å². The first-order valence-corrected chi connectivity index (χ1v) is 6.83. The summed E-state index contributed by atoms with van der Waals surface area (Å²) in [7, 11) is 0. The first-order chi connectivity index (χ1) is 8.20. The van der Waals surface area contributed by atoms with E-state index in [1.807, 2.05) is 6.92 Å². The van der Waals surface area contributed by atoms with E-state index in [0.29, 0.717) is 24.8 Å². The summed E-state index contributed by atoms with van der Waals surface area (Å²) in [5.74, 6) is 0.896. The predicted molar refractivity (Wildman–Crippen MR) is 72.0 cm³/mol. The Bertz CT molecular complexity index is 337. The third-order valence-corrected chi connectivity index (χ3v) is 3.92. The molecular weight excluding hydrogens is 228 g/mol. The highest BCUT2D eigenvalue weighted by Crippen LogP contribution is 2.23. The highest BCUT2D eigenvalue weighted by atomic mass is 16.2. The molecule has 0 aromatic heterocycles.